The van der Waals surface area contributed by atoms with Gasteiger partial charge in [0.05, 0.1) is 6.61 Å². The molecule has 0 amide bonds. The van der Waals surface area contributed by atoms with Gasteiger partial charge in [0.1, 0.15) is 11.6 Å². The van der Waals surface area contributed by atoms with Crippen molar-refractivity contribution in [1.29, 1.82) is 5.41 Å². The number of nitrogens with one attached hydrogen (secondary N) is 1. The smallest absolute Gasteiger partial charge is 0.122 e. The lowest BCUT2D eigenvalue weighted by molar-refractivity contribution is 0.256. The number of ether oxygens (including phenoxy) is 1. The SMILES string of the molecule is CC[C@H](C)COc1ccc(C(=N)N)cc1. The van der Waals surface area contributed by atoms with E-state index in [4.69, 9.17) is 15.9 Å². The van der Waals surface area contributed by atoms with Crippen molar-refractivity contribution in [2.24, 2.45) is 11.7 Å². The topological polar surface area (TPSA) is 59.1 Å². The molecule has 0 saturated heterocycles. The maximum absolute atomic E-state index is 7.24. The molecule has 1 aromatic carbocycles. The van der Waals surface area contributed by atoms with Gasteiger partial charge in [-0.15, -0.1) is 0 Å². The van der Waals surface area contributed by atoms with E-state index in [2.05, 4.69) is 13.8 Å². The number of nitrogens with two attached hydrogens (primary N) is 1. The van der Waals surface area contributed by atoms with Crippen molar-refractivity contribution < 1.29 is 4.74 Å². The minimum absolute atomic E-state index is 0.0866. The van der Waals surface area contributed by atoms with E-state index in [1.807, 2.05) is 12.1 Å². The maximum atomic E-state index is 7.24. The summed E-state index contributed by atoms with van der Waals surface area (Å²) in [5, 5.41) is 7.24. The van der Waals surface area contributed by atoms with Crippen molar-refractivity contribution in [2.45, 2.75) is 20.3 Å². The first-order chi connectivity index (χ1) is 7.13. The minimum atomic E-state index is 0.0866. The number of amidine groups is 1. The molecular weight excluding hydrogens is 188 g/mol. The Morgan fingerprint density at radius 3 is 2.47 bits per heavy atom. The normalized spacial score (nSPS) is 12.1. The van der Waals surface area contributed by atoms with Gasteiger partial charge >= 0.3 is 0 Å². The summed E-state index contributed by atoms with van der Waals surface area (Å²) in [6.07, 6.45) is 1.12. The third-order valence-electron chi connectivity index (χ3n) is 2.40. The molecule has 1 aromatic rings. The molecule has 3 N–H and O–H groups in total. The molecule has 3 heteroatoms. The summed E-state index contributed by atoms with van der Waals surface area (Å²) in [4.78, 5) is 0. The van der Waals surface area contributed by atoms with E-state index in [-0.39, 0.29) is 5.84 Å². The lowest BCUT2D eigenvalue weighted by atomic mass is 10.1. The zero-order chi connectivity index (χ0) is 11.3. The minimum Gasteiger partial charge on any atom is -0.493 e. The van der Waals surface area contributed by atoms with E-state index in [1.54, 1.807) is 12.1 Å². The first kappa shape index (κ1) is 11.6. The van der Waals surface area contributed by atoms with E-state index in [9.17, 15) is 0 Å². The third-order valence-corrected chi connectivity index (χ3v) is 2.40. The van der Waals surface area contributed by atoms with Crippen LogP contribution in [0.3, 0.4) is 0 Å². The first-order valence-corrected chi connectivity index (χ1v) is 5.20. The van der Waals surface area contributed by atoms with Crippen molar-refractivity contribution >= 4 is 5.84 Å². The second-order valence-corrected chi connectivity index (χ2v) is 3.76. The molecule has 0 fully saturated rings. The van der Waals surface area contributed by atoms with Gasteiger partial charge in [0.15, 0.2) is 0 Å². The highest BCUT2D eigenvalue weighted by molar-refractivity contribution is 5.94. The Hall–Kier alpha value is -1.51. The summed E-state index contributed by atoms with van der Waals surface area (Å²) in [6, 6.07) is 7.29. The Bertz CT molecular complexity index is 319. The molecule has 0 radical (unpaired) electrons. The molecular formula is C12H18N2O. The summed E-state index contributed by atoms with van der Waals surface area (Å²) in [5.74, 6) is 1.49. The highest BCUT2D eigenvalue weighted by atomic mass is 16.5. The molecule has 0 aliphatic heterocycles. The van der Waals surface area contributed by atoms with E-state index >= 15 is 0 Å². The Kier molecular flexibility index (Phi) is 4.16. The molecule has 3 nitrogen and oxygen atoms in total. The van der Waals surface area contributed by atoms with Crippen LogP contribution in [0.2, 0.25) is 0 Å². The van der Waals surface area contributed by atoms with Crippen LogP contribution in [-0.4, -0.2) is 12.4 Å². The number of hydrogen-bond donors (Lipinski definition) is 2. The fourth-order valence-electron chi connectivity index (χ4n) is 1.09. The standard InChI is InChI=1S/C12H18N2O/c1-3-9(2)8-15-11-6-4-10(5-7-11)12(13)14/h4-7,9H,3,8H2,1-2H3,(H3,13,14)/t9-/m0/s1. The molecule has 0 bridgehead atoms. The molecule has 0 unspecified atom stereocenters. The second-order valence-electron chi connectivity index (χ2n) is 3.76. The van der Waals surface area contributed by atoms with Crippen LogP contribution >= 0.6 is 0 Å². The molecule has 0 saturated carbocycles. The lowest BCUT2D eigenvalue weighted by Gasteiger charge is -2.11. The van der Waals surface area contributed by atoms with Gasteiger partial charge in [-0.3, -0.25) is 5.41 Å². The van der Waals surface area contributed by atoms with Gasteiger partial charge in [0, 0.05) is 5.56 Å². The Labute approximate surface area is 90.8 Å². The molecule has 1 rings (SSSR count). The van der Waals surface area contributed by atoms with Crippen LogP contribution in [0.4, 0.5) is 0 Å². The number of nitrogen functional groups attached to an aromatic ring is 1. The molecule has 0 heterocycles. The highest BCUT2D eigenvalue weighted by Gasteiger charge is 2.01. The Balaban J connectivity index is 2.53. The molecule has 15 heavy (non-hydrogen) atoms. The van der Waals surface area contributed by atoms with Gasteiger partial charge in [-0.25, -0.2) is 0 Å². The van der Waals surface area contributed by atoms with E-state index in [0.29, 0.717) is 5.92 Å². The quantitative estimate of drug-likeness (QED) is 0.574. The molecule has 0 aliphatic carbocycles. The summed E-state index contributed by atoms with van der Waals surface area (Å²) in [6.45, 7) is 5.03. The average Bonchev–Trinajstić information content (AvgIpc) is 2.26. The zero-order valence-corrected chi connectivity index (χ0v) is 9.29. The van der Waals surface area contributed by atoms with Gasteiger partial charge in [0.2, 0.25) is 0 Å². The van der Waals surface area contributed by atoms with Gasteiger partial charge in [-0.1, -0.05) is 20.3 Å². The van der Waals surface area contributed by atoms with Crippen LogP contribution in [0.1, 0.15) is 25.8 Å². The number of benzene rings is 1. The molecule has 0 aromatic heterocycles. The van der Waals surface area contributed by atoms with Gasteiger partial charge in [-0.05, 0) is 30.2 Å². The molecule has 0 aliphatic rings. The number of hydrogen-bond acceptors (Lipinski definition) is 2. The summed E-state index contributed by atoms with van der Waals surface area (Å²) in [5.41, 5.74) is 6.08. The van der Waals surface area contributed by atoms with Gasteiger partial charge in [0.25, 0.3) is 0 Å². The maximum Gasteiger partial charge on any atom is 0.122 e. The van der Waals surface area contributed by atoms with Crippen LogP contribution in [0.25, 0.3) is 0 Å². The fourth-order valence-corrected chi connectivity index (χ4v) is 1.09. The lowest BCUT2D eigenvalue weighted by Crippen LogP contribution is -2.11. The molecule has 1 atom stereocenters. The number of rotatable bonds is 5. The third kappa shape index (κ3) is 3.62. The van der Waals surface area contributed by atoms with Gasteiger partial charge in [-0.2, -0.15) is 0 Å². The van der Waals surface area contributed by atoms with Crippen molar-refractivity contribution in [3.05, 3.63) is 29.8 Å². The van der Waals surface area contributed by atoms with Crippen molar-refractivity contribution in [3.8, 4) is 5.75 Å². The van der Waals surface area contributed by atoms with Crippen LogP contribution in [0.5, 0.6) is 5.75 Å². The van der Waals surface area contributed by atoms with Gasteiger partial charge < -0.3 is 10.5 Å². The summed E-state index contributed by atoms with van der Waals surface area (Å²) >= 11 is 0. The predicted octanol–water partition coefficient (Wildman–Crippen LogP) is 2.40. The molecule has 0 spiro atoms. The van der Waals surface area contributed by atoms with Crippen molar-refractivity contribution in [3.63, 3.8) is 0 Å². The fraction of sp³-hybridized carbons (Fsp3) is 0.417. The largest absolute Gasteiger partial charge is 0.493 e. The van der Waals surface area contributed by atoms with Crippen LogP contribution in [0, 0.1) is 11.3 Å². The average molecular weight is 206 g/mol. The monoisotopic (exact) mass is 206 g/mol. The summed E-state index contributed by atoms with van der Waals surface area (Å²) < 4.78 is 5.58. The Morgan fingerprint density at radius 1 is 1.40 bits per heavy atom. The Morgan fingerprint density at radius 2 is 2.00 bits per heavy atom. The van der Waals surface area contributed by atoms with E-state index in [0.717, 1.165) is 24.3 Å². The van der Waals surface area contributed by atoms with Crippen LogP contribution in [-0.2, 0) is 0 Å². The van der Waals surface area contributed by atoms with Crippen molar-refractivity contribution in [1.82, 2.24) is 0 Å². The highest BCUT2D eigenvalue weighted by Crippen LogP contribution is 2.13. The molecule has 82 valence electrons. The van der Waals surface area contributed by atoms with Crippen LogP contribution in [0.15, 0.2) is 24.3 Å². The van der Waals surface area contributed by atoms with Crippen LogP contribution < -0.4 is 10.5 Å². The van der Waals surface area contributed by atoms with E-state index < -0.39 is 0 Å². The first-order valence-electron chi connectivity index (χ1n) is 5.20. The van der Waals surface area contributed by atoms with E-state index in [1.165, 1.54) is 0 Å². The van der Waals surface area contributed by atoms with Crippen molar-refractivity contribution in [2.75, 3.05) is 6.61 Å². The zero-order valence-electron chi connectivity index (χ0n) is 9.29. The summed E-state index contributed by atoms with van der Waals surface area (Å²) in [7, 11) is 0. The predicted molar refractivity (Wildman–Crippen MR) is 62.4 cm³/mol. The second kappa shape index (κ2) is 5.39.